The molecule has 10 heavy (non-hydrogen) atoms. The summed E-state index contributed by atoms with van der Waals surface area (Å²) < 4.78 is 0. The van der Waals surface area contributed by atoms with Gasteiger partial charge in [-0.1, -0.05) is 0 Å². The molecule has 0 unspecified atom stereocenters. The van der Waals surface area contributed by atoms with Crippen LogP contribution in [0, 0.1) is 20.8 Å². The Labute approximate surface area is 61.1 Å². The van der Waals surface area contributed by atoms with E-state index in [0.29, 0.717) is 5.82 Å². The SMILES string of the molecule is [CH2]c1c(C)cc(N)nc1C. The molecule has 1 aromatic heterocycles. The molecule has 53 valence electrons. The number of pyridine rings is 1. The second-order valence-electron chi connectivity index (χ2n) is 2.43. The maximum atomic E-state index is 5.49. The van der Waals surface area contributed by atoms with E-state index in [1.807, 2.05) is 19.9 Å². The minimum atomic E-state index is 0.572. The van der Waals surface area contributed by atoms with E-state index < -0.39 is 0 Å². The number of rotatable bonds is 0. The number of nitrogen functional groups attached to an aromatic ring is 1. The van der Waals surface area contributed by atoms with Crippen molar-refractivity contribution in [3.8, 4) is 0 Å². The van der Waals surface area contributed by atoms with Crippen LogP contribution in [0.5, 0.6) is 0 Å². The molecule has 1 heterocycles. The summed E-state index contributed by atoms with van der Waals surface area (Å²) in [5, 5.41) is 0. The Morgan fingerprint density at radius 2 is 2.10 bits per heavy atom. The third kappa shape index (κ3) is 1.10. The van der Waals surface area contributed by atoms with Crippen molar-refractivity contribution >= 4 is 5.82 Å². The quantitative estimate of drug-likeness (QED) is 0.585. The molecular formula is C8H11N2. The van der Waals surface area contributed by atoms with Gasteiger partial charge < -0.3 is 5.73 Å². The Morgan fingerprint density at radius 3 is 2.60 bits per heavy atom. The number of nitrogens with zero attached hydrogens (tertiary/aromatic N) is 1. The van der Waals surface area contributed by atoms with Gasteiger partial charge in [-0.25, -0.2) is 4.98 Å². The molecule has 2 N–H and O–H groups in total. The van der Waals surface area contributed by atoms with E-state index in [2.05, 4.69) is 11.9 Å². The van der Waals surface area contributed by atoms with E-state index in [9.17, 15) is 0 Å². The van der Waals surface area contributed by atoms with Gasteiger partial charge in [0.15, 0.2) is 0 Å². The minimum absolute atomic E-state index is 0.572. The average molecular weight is 135 g/mol. The largest absolute Gasteiger partial charge is 0.384 e. The van der Waals surface area contributed by atoms with Crippen LogP contribution in [0.1, 0.15) is 16.8 Å². The molecule has 0 atom stereocenters. The van der Waals surface area contributed by atoms with Crippen LogP contribution in [0.25, 0.3) is 0 Å². The molecule has 0 spiro atoms. The topological polar surface area (TPSA) is 38.9 Å². The molecule has 1 rings (SSSR count). The smallest absolute Gasteiger partial charge is 0.123 e. The zero-order valence-corrected chi connectivity index (χ0v) is 6.31. The van der Waals surface area contributed by atoms with E-state index in [-0.39, 0.29) is 0 Å². The van der Waals surface area contributed by atoms with Gasteiger partial charge in [-0.15, -0.1) is 0 Å². The molecule has 0 aliphatic carbocycles. The van der Waals surface area contributed by atoms with Gasteiger partial charge >= 0.3 is 0 Å². The van der Waals surface area contributed by atoms with Crippen LogP contribution >= 0.6 is 0 Å². The van der Waals surface area contributed by atoms with Crippen molar-refractivity contribution in [2.45, 2.75) is 13.8 Å². The van der Waals surface area contributed by atoms with E-state index in [4.69, 9.17) is 5.73 Å². The summed E-state index contributed by atoms with van der Waals surface area (Å²) in [6, 6.07) is 1.83. The lowest BCUT2D eigenvalue weighted by Gasteiger charge is -2.03. The number of nitrogens with two attached hydrogens (primary N) is 1. The van der Waals surface area contributed by atoms with Crippen molar-refractivity contribution in [3.63, 3.8) is 0 Å². The summed E-state index contributed by atoms with van der Waals surface area (Å²) in [7, 11) is 0. The highest BCUT2D eigenvalue weighted by Crippen LogP contribution is 2.11. The van der Waals surface area contributed by atoms with Crippen LogP contribution in [0.2, 0.25) is 0 Å². The number of aromatic nitrogens is 1. The Morgan fingerprint density at radius 1 is 1.50 bits per heavy atom. The first-order chi connectivity index (χ1) is 4.61. The summed E-state index contributed by atoms with van der Waals surface area (Å²) in [5.41, 5.74) is 8.49. The Kier molecular flexibility index (Phi) is 1.62. The predicted octanol–water partition coefficient (Wildman–Crippen LogP) is 1.46. The fraction of sp³-hybridized carbons (Fsp3) is 0.250. The van der Waals surface area contributed by atoms with E-state index in [1.165, 1.54) is 0 Å². The second kappa shape index (κ2) is 2.29. The van der Waals surface area contributed by atoms with E-state index >= 15 is 0 Å². The van der Waals surface area contributed by atoms with Gasteiger partial charge in [0.25, 0.3) is 0 Å². The molecule has 0 aromatic carbocycles. The fourth-order valence-corrected chi connectivity index (χ4v) is 0.888. The first-order valence-electron chi connectivity index (χ1n) is 3.17. The molecule has 0 saturated carbocycles. The zero-order chi connectivity index (χ0) is 7.72. The number of aryl methyl sites for hydroxylation is 2. The van der Waals surface area contributed by atoms with Crippen LogP contribution in [0.4, 0.5) is 5.82 Å². The first-order valence-corrected chi connectivity index (χ1v) is 3.17. The lowest BCUT2D eigenvalue weighted by molar-refractivity contribution is 1.16. The van der Waals surface area contributed by atoms with Crippen LogP contribution in [0.3, 0.4) is 0 Å². The third-order valence-corrected chi connectivity index (χ3v) is 1.57. The van der Waals surface area contributed by atoms with Gasteiger partial charge in [0.05, 0.1) is 0 Å². The van der Waals surface area contributed by atoms with E-state index in [1.54, 1.807) is 0 Å². The van der Waals surface area contributed by atoms with Crippen molar-refractivity contribution < 1.29 is 0 Å². The summed E-state index contributed by atoms with van der Waals surface area (Å²) >= 11 is 0. The molecule has 0 aliphatic rings. The Hall–Kier alpha value is -1.05. The van der Waals surface area contributed by atoms with Gasteiger partial charge in [-0.05, 0) is 38.0 Å². The average Bonchev–Trinajstić information content (AvgIpc) is 1.82. The first kappa shape index (κ1) is 7.06. The molecule has 1 radical (unpaired) electrons. The molecule has 1 aromatic rings. The van der Waals surface area contributed by atoms with Crippen LogP contribution < -0.4 is 5.73 Å². The normalized spacial score (nSPS) is 9.90. The van der Waals surface area contributed by atoms with Crippen molar-refractivity contribution in [1.82, 2.24) is 4.98 Å². The number of anilines is 1. The monoisotopic (exact) mass is 135 g/mol. The van der Waals surface area contributed by atoms with Gasteiger partial charge in [0, 0.05) is 5.69 Å². The number of hydrogen-bond donors (Lipinski definition) is 1. The van der Waals surface area contributed by atoms with Crippen LogP contribution in [-0.2, 0) is 0 Å². The van der Waals surface area contributed by atoms with Crippen molar-refractivity contribution in [1.29, 1.82) is 0 Å². The molecular weight excluding hydrogens is 124 g/mol. The highest BCUT2D eigenvalue weighted by molar-refractivity contribution is 5.41. The Balaban J connectivity index is 3.31. The van der Waals surface area contributed by atoms with Crippen LogP contribution in [0.15, 0.2) is 6.07 Å². The van der Waals surface area contributed by atoms with Gasteiger partial charge in [-0.3, -0.25) is 0 Å². The maximum Gasteiger partial charge on any atom is 0.123 e. The summed E-state index contributed by atoms with van der Waals surface area (Å²) in [5.74, 6) is 0.572. The lowest BCUT2D eigenvalue weighted by atomic mass is 10.1. The molecule has 0 fully saturated rings. The molecule has 0 amide bonds. The minimum Gasteiger partial charge on any atom is -0.384 e. The maximum absolute atomic E-state index is 5.49. The Bertz CT molecular complexity index is 230. The van der Waals surface area contributed by atoms with Crippen LogP contribution in [-0.4, -0.2) is 4.98 Å². The molecule has 2 heteroatoms. The highest BCUT2D eigenvalue weighted by Gasteiger charge is 1.98. The van der Waals surface area contributed by atoms with Crippen molar-refractivity contribution in [2.75, 3.05) is 5.73 Å². The zero-order valence-electron chi connectivity index (χ0n) is 6.31. The predicted molar refractivity (Wildman–Crippen MR) is 42.6 cm³/mol. The van der Waals surface area contributed by atoms with Gasteiger partial charge in [0.1, 0.15) is 5.82 Å². The summed E-state index contributed by atoms with van der Waals surface area (Å²) in [6.07, 6.45) is 0. The number of hydrogen-bond acceptors (Lipinski definition) is 2. The van der Waals surface area contributed by atoms with Crippen molar-refractivity contribution in [2.24, 2.45) is 0 Å². The molecule has 2 nitrogen and oxygen atoms in total. The molecule has 0 aliphatic heterocycles. The molecule has 0 saturated heterocycles. The van der Waals surface area contributed by atoms with E-state index in [0.717, 1.165) is 16.8 Å². The standard InChI is InChI=1S/C8H11N2/c1-5-4-8(9)10-7(3)6(5)2/h4H,2H2,1,3H3,(H2,9,10). The summed E-state index contributed by atoms with van der Waals surface area (Å²) in [6.45, 7) is 7.73. The lowest BCUT2D eigenvalue weighted by Crippen LogP contribution is -1.96. The van der Waals surface area contributed by atoms with Crippen molar-refractivity contribution in [3.05, 3.63) is 29.8 Å². The molecule has 0 bridgehead atoms. The highest BCUT2D eigenvalue weighted by atomic mass is 14.8. The summed E-state index contributed by atoms with van der Waals surface area (Å²) in [4.78, 5) is 4.05. The van der Waals surface area contributed by atoms with Gasteiger partial charge in [-0.2, -0.15) is 0 Å². The fourth-order valence-electron chi connectivity index (χ4n) is 0.888. The second-order valence-corrected chi connectivity index (χ2v) is 2.43. The third-order valence-electron chi connectivity index (χ3n) is 1.57. The van der Waals surface area contributed by atoms with Gasteiger partial charge in [0.2, 0.25) is 0 Å².